The van der Waals surface area contributed by atoms with Gasteiger partial charge in [0.1, 0.15) is 0 Å². The van der Waals surface area contributed by atoms with Gasteiger partial charge in [-0.25, -0.2) is 18.2 Å². The Morgan fingerprint density at radius 1 is 1.20 bits per heavy atom. The Labute approximate surface area is 115 Å². The summed E-state index contributed by atoms with van der Waals surface area (Å²) >= 11 is 0. The molecular weight excluding hydrogens is 282 g/mol. The first kappa shape index (κ1) is 13.9. The Morgan fingerprint density at radius 2 is 1.90 bits per heavy atom. The molecule has 7 nitrogen and oxygen atoms in total. The molecule has 0 saturated heterocycles. The lowest BCUT2D eigenvalue weighted by Crippen LogP contribution is -2.16. The number of carbonyl (C=O) groups is 1. The van der Waals surface area contributed by atoms with Crippen LogP contribution in [0.3, 0.4) is 0 Å². The zero-order valence-corrected chi connectivity index (χ0v) is 11.0. The van der Waals surface area contributed by atoms with Crippen LogP contribution in [0.5, 0.6) is 0 Å². The van der Waals surface area contributed by atoms with Gasteiger partial charge in [0.2, 0.25) is 10.0 Å². The minimum Gasteiger partial charge on any atom is -0.478 e. The summed E-state index contributed by atoms with van der Waals surface area (Å²) in [6, 6.07) is 5.63. The van der Waals surface area contributed by atoms with Gasteiger partial charge in [0.05, 0.1) is 17.5 Å². The maximum absolute atomic E-state index is 11.9. The van der Waals surface area contributed by atoms with Gasteiger partial charge < -0.3 is 5.11 Å². The number of benzene rings is 1. The third kappa shape index (κ3) is 3.75. The molecule has 0 atom stereocenters. The average molecular weight is 293 g/mol. The van der Waals surface area contributed by atoms with E-state index in [1.54, 1.807) is 0 Å². The van der Waals surface area contributed by atoms with Gasteiger partial charge in [-0.15, -0.1) is 0 Å². The standard InChI is InChI=1S/C12H11N3O4S/c16-12(17)10-3-1-9(2-4-10)8-20(18,19)15-11-7-13-5-6-14-11/h1-7H,8H2,(H,14,15)(H,16,17). The summed E-state index contributed by atoms with van der Waals surface area (Å²) in [6.07, 6.45) is 4.10. The Bertz CT molecular complexity index is 699. The van der Waals surface area contributed by atoms with Gasteiger partial charge >= 0.3 is 5.97 Å². The number of rotatable bonds is 5. The van der Waals surface area contributed by atoms with Crippen molar-refractivity contribution in [3.63, 3.8) is 0 Å². The van der Waals surface area contributed by atoms with Crippen molar-refractivity contribution in [2.45, 2.75) is 5.75 Å². The summed E-state index contributed by atoms with van der Waals surface area (Å²) in [7, 11) is -3.62. The molecule has 0 fully saturated rings. The molecule has 2 rings (SSSR count). The first-order valence-corrected chi connectivity index (χ1v) is 7.20. The van der Waals surface area contributed by atoms with E-state index in [2.05, 4.69) is 14.7 Å². The molecule has 1 heterocycles. The summed E-state index contributed by atoms with van der Waals surface area (Å²) in [4.78, 5) is 18.3. The lowest BCUT2D eigenvalue weighted by Gasteiger charge is -2.06. The normalized spacial score (nSPS) is 11.0. The molecule has 8 heteroatoms. The molecule has 0 aliphatic heterocycles. The molecule has 0 saturated carbocycles. The van der Waals surface area contributed by atoms with Crippen molar-refractivity contribution in [2.75, 3.05) is 4.72 Å². The number of aromatic nitrogens is 2. The van der Waals surface area contributed by atoms with Crippen molar-refractivity contribution in [3.05, 3.63) is 54.0 Å². The van der Waals surface area contributed by atoms with E-state index in [4.69, 9.17) is 5.11 Å². The fourth-order valence-corrected chi connectivity index (χ4v) is 2.64. The third-order valence-electron chi connectivity index (χ3n) is 2.38. The minimum atomic E-state index is -3.62. The van der Waals surface area contributed by atoms with Crippen LogP contribution < -0.4 is 4.72 Å². The van der Waals surface area contributed by atoms with E-state index >= 15 is 0 Å². The monoisotopic (exact) mass is 293 g/mol. The van der Waals surface area contributed by atoms with E-state index < -0.39 is 16.0 Å². The van der Waals surface area contributed by atoms with Crippen LogP contribution in [0.25, 0.3) is 0 Å². The lowest BCUT2D eigenvalue weighted by atomic mass is 10.1. The third-order valence-corrected chi connectivity index (χ3v) is 3.61. The number of hydrogen-bond acceptors (Lipinski definition) is 5. The molecule has 2 aromatic rings. The average Bonchev–Trinajstić information content (AvgIpc) is 2.39. The molecule has 2 N–H and O–H groups in total. The fraction of sp³-hybridized carbons (Fsp3) is 0.0833. The molecule has 0 unspecified atom stereocenters. The summed E-state index contributed by atoms with van der Waals surface area (Å²) < 4.78 is 26.1. The maximum Gasteiger partial charge on any atom is 0.335 e. The van der Waals surface area contributed by atoms with E-state index in [9.17, 15) is 13.2 Å². The molecule has 1 aromatic heterocycles. The van der Waals surface area contributed by atoms with Crippen LogP contribution >= 0.6 is 0 Å². The van der Waals surface area contributed by atoms with Crippen LogP contribution in [0, 0.1) is 0 Å². The first-order valence-electron chi connectivity index (χ1n) is 5.55. The Kier molecular flexibility index (Phi) is 3.94. The van der Waals surface area contributed by atoms with E-state index in [1.165, 1.54) is 42.9 Å². The smallest absolute Gasteiger partial charge is 0.335 e. The van der Waals surface area contributed by atoms with E-state index in [0.717, 1.165) is 0 Å². The molecule has 0 amide bonds. The van der Waals surface area contributed by atoms with Gasteiger partial charge in [-0.2, -0.15) is 0 Å². The zero-order valence-electron chi connectivity index (χ0n) is 10.2. The van der Waals surface area contributed by atoms with Crippen molar-refractivity contribution in [3.8, 4) is 0 Å². The fourth-order valence-electron chi connectivity index (χ4n) is 1.51. The highest BCUT2D eigenvalue weighted by Gasteiger charge is 2.13. The van der Waals surface area contributed by atoms with Crippen LogP contribution in [-0.2, 0) is 15.8 Å². The summed E-state index contributed by atoms with van der Waals surface area (Å²) in [5.41, 5.74) is 0.583. The second-order valence-corrected chi connectivity index (χ2v) is 5.68. The van der Waals surface area contributed by atoms with Gasteiger partial charge in [0.25, 0.3) is 0 Å². The molecular formula is C12H11N3O4S. The van der Waals surface area contributed by atoms with E-state index in [-0.39, 0.29) is 17.1 Å². The maximum atomic E-state index is 11.9. The number of nitrogens with zero attached hydrogens (tertiary/aromatic N) is 2. The molecule has 104 valence electrons. The number of carboxylic acid groups (broad SMARTS) is 1. The van der Waals surface area contributed by atoms with E-state index in [0.29, 0.717) is 5.56 Å². The van der Waals surface area contributed by atoms with Crippen LogP contribution in [0.15, 0.2) is 42.9 Å². The molecule has 20 heavy (non-hydrogen) atoms. The second kappa shape index (κ2) is 5.66. The molecule has 0 bridgehead atoms. The topological polar surface area (TPSA) is 109 Å². The predicted octanol–water partition coefficient (Wildman–Crippen LogP) is 1.12. The molecule has 0 spiro atoms. The largest absolute Gasteiger partial charge is 0.478 e. The van der Waals surface area contributed by atoms with Gasteiger partial charge in [0, 0.05) is 12.4 Å². The highest BCUT2D eigenvalue weighted by atomic mass is 32.2. The molecule has 0 aliphatic carbocycles. The Balaban J connectivity index is 2.10. The Hall–Kier alpha value is -2.48. The van der Waals surface area contributed by atoms with Gasteiger partial charge in [-0.3, -0.25) is 9.71 Å². The number of carboxylic acids is 1. The van der Waals surface area contributed by atoms with Gasteiger partial charge in [-0.05, 0) is 17.7 Å². The number of aromatic carboxylic acids is 1. The quantitative estimate of drug-likeness (QED) is 0.854. The van der Waals surface area contributed by atoms with Gasteiger partial charge in [-0.1, -0.05) is 12.1 Å². The molecule has 1 aromatic carbocycles. The summed E-state index contributed by atoms with van der Waals surface area (Å²) in [5, 5.41) is 8.76. The zero-order chi connectivity index (χ0) is 14.6. The first-order chi connectivity index (χ1) is 9.46. The lowest BCUT2D eigenvalue weighted by molar-refractivity contribution is 0.0697. The summed E-state index contributed by atoms with van der Waals surface area (Å²) in [5.74, 6) is -1.20. The minimum absolute atomic E-state index is 0.105. The van der Waals surface area contributed by atoms with Crippen molar-refractivity contribution < 1.29 is 18.3 Å². The van der Waals surface area contributed by atoms with Crippen molar-refractivity contribution in [2.24, 2.45) is 0 Å². The van der Waals surface area contributed by atoms with Crippen molar-refractivity contribution in [1.82, 2.24) is 9.97 Å². The SMILES string of the molecule is O=C(O)c1ccc(CS(=O)(=O)Nc2cnccn2)cc1. The van der Waals surface area contributed by atoms with E-state index in [1.807, 2.05) is 0 Å². The predicted molar refractivity (Wildman–Crippen MR) is 71.7 cm³/mol. The summed E-state index contributed by atoms with van der Waals surface area (Å²) in [6.45, 7) is 0. The van der Waals surface area contributed by atoms with Crippen LogP contribution in [0.2, 0.25) is 0 Å². The molecule has 0 aliphatic rings. The highest BCUT2D eigenvalue weighted by molar-refractivity contribution is 7.91. The number of hydrogen-bond donors (Lipinski definition) is 2. The highest BCUT2D eigenvalue weighted by Crippen LogP contribution is 2.11. The number of nitrogens with one attached hydrogen (secondary N) is 1. The van der Waals surface area contributed by atoms with Crippen molar-refractivity contribution >= 4 is 21.8 Å². The van der Waals surface area contributed by atoms with Gasteiger partial charge in [0.15, 0.2) is 5.82 Å². The van der Waals surface area contributed by atoms with Crippen LogP contribution in [0.4, 0.5) is 5.82 Å². The Morgan fingerprint density at radius 3 is 2.45 bits per heavy atom. The van der Waals surface area contributed by atoms with Crippen molar-refractivity contribution in [1.29, 1.82) is 0 Å². The van der Waals surface area contributed by atoms with Crippen LogP contribution in [0.1, 0.15) is 15.9 Å². The second-order valence-electron chi connectivity index (χ2n) is 3.95. The number of sulfonamides is 1. The molecule has 0 radical (unpaired) electrons. The van der Waals surface area contributed by atoms with Crippen LogP contribution in [-0.4, -0.2) is 29.5 Å². The number of anilines is 1.